The van der Waals surface area contributed by atoms with Gasteiger partial charge in [-0.05, 0) is 26.2 Å². The molecule has 0 spiro atoms. The van der Waals surface area contributed by atoms with Gasteiger partial charge in [0.15, 0.2) is 9.84 Å². The maximum atomic E-state index is 11.3. The Hall–Kier alpha value is -0.0900. The zero-order chi connectivity index (χ0) is 9.78. The van der Waals surface area contributed by atoms with Crippen LogP contribution in [-0.2, 0) is 9.84 Å². The van der Waals surface area contributed by atoms with E-state index in [0.717, 1.165) is 0 Å². The largest absolute Gasteiger partial charge is 0.388 e. The van der Waals surface area contributed by atoms with Gasteiger partial charge in [0, 0.05) is 6.26 Å². The molecule has 1 fully saturated rings. The Morgan fingerprint density at radius 3 is 1.92 bits per heavy atom. The monoisotopic (exact) mass is 192 g/mol. The van der Waals surface area contributed by atoms with Gasteiger partial charge in [0.05, 0.1) is 10.3 Å². The summed E-state index contributed by atoms with van der Waals surface area (Å²) in [5, 5.41) is 9.88. The third-order valence-electron chi connectivity index (χ3n) is 3.24. The van der Waals surface area contributed by atoms with Gasteiger partial charge in [-0.25, -0.2) is 8.42 Å². The first kappa shape index (κ1) is 9.99. The van der Waals surface area contributed by atoms with Gasteiger partial charge in [-0.1, -0.05) is 6.92 Å². The molecule has 1 saturated carbocycles. The van der Waals surface area contributed by atoms with Crippen molar-refractivity contribution in [2.75, 3.05) is 6.26 Å². The third kappa shape index (κ3) is 1.09. The molecule has 0 radical (unpaired) electrons. The zero-order valence-corrected chi connectivity index (χ0v) is 8.77. The normalized spacial score (nSPS) is 36.6. The van der Waals surface area contributed by atoms with E-state index in [9.17, 15) is 13.5 Å². The second kappa shape index (κ2) is 2.23. The van der Waals surface area contributed by atoms with Crippen molar-refractivity contribution >= 4 is 9.84 Å². The lowest BCUT2D eigenvalue weighted by Crippen LogP contribution is -2.46. The van der Waals surface area contributed by atoms with E-state index in [2.05, 4.69) is 0 Å². The summed E-state index contributed by atoms with van der Waals surface area (Å²) < 4.78 is 21.6. The summed E-state index contributed by atoms with van der Waals surface area (Å²) in [5.41, 5.74) is -0.999. The number of hydrogen-bond donors (Lipinski definition) is 1. The Kier molecular flexibility index (Phi) is 1.86. The van der Waals surface area contributed by atoms with Crippen molar-refractivity contribution in [3.8, 4) is 0 Å². The van der Waals surface area contributed by atoms with E-state index in [1.54, 1.807) is 13.8 Å². The summed E-state index contributed by atoms with van der Waals surface area (Å²) in [6, 6.07) is 0. The molecule has 1 aliphatic rings. The van der Waals surface area contributed by atoms with Crippen molar-refractivity contribution in [1.82, 2.24) is 0 Å². The second-order valence-corrected chi connectivity index (χ2v) is 6.88. The van der Waals surface area contributed by atoms with Gasteiger partial charge in [-0.2, -0.15) is 0 Å². The van der Waals surface area contributed by atoms with Gasteiger partial charge in [0.1, 0.15) is 0 Å². The van der Waals surface area contributed by atoms with Crippen LogP contribution in [0.15, 0.2) is 0 Å². The van der Waals surface area contributed by atoms with Gasteiger partial charge in [0.25, 0.3) is 0 Å². The Morgan fingerprint density at radius 2 is 1.83 bits per heavy atom. The Balaban J connectivity index is 3.04. The fraction of sp³-hybridized carbons (Fsp3) is 1.00. The van der Waals surface area contributed by atoms with Crippen LogP contribution in [0.4, 0.5) is 0 Å². The van der Waals surface area contributed by atoms with E-state index < -0.39 is 20.2 Å². The molecule has 0 amide bonds. The van der Waals surface area contributed by atoms with Crippen molar-refractivity contribution < 1.29 is 13.5 Å². The van der Waals surface area contributed by atoms with Crippen molar-refractivity contribution in [2.24, 2.45) is 5.92 Å². The number of hydrogen-bond acceptors (Lipinski definition) is 3. The van der Waals surface area contributed by atoms with E-state index in [-0.39, 0.29) is 5.92 Å². The van der Waals surface area contributed by atoms with Crippen LogP contribution >= 0.6 is 0 Å². The average Bonchev–Trinajstić information content (AvgIpc) is 2.39. The molecule has 2 unspecified atom stereocenters. The first-order chi connectivity index (χ1) is 5.13. The molecule has 0 aromatic carbocycles. The van der Waals surface area contributed by atoms with Crippen molar-refractivity contribution in [2.45, 2.75) is 37.5 Å². The zero-order valence-electron chi connectivity index (χ0n) is 7.96. The summed E-state index contributed by atoms with van der Waals surface area (Å²) in [6.07, 6.45) is 1.77. The summed E-state index contributed by atoms with van der Waals surface area (Å²) in [5.74, 6) is 0.0993. The summed E-state index contributed by atoms with van der Waals surface area (Å²) in [7, 11) is -3.18. The molecule has 0 aromatic heterocycles. The van der Waals surface area contributed by atoms with E-state index in [4.69, 9.17) is 0 Å². The third-order valence-corrected chi connectivity index (χ3v) is 5.45. The highest BCUT2D eigenvalue weighted by molar-refractivity contribution is 7.92. The minimum atomic E-state index is -3.18. The first-order valence-corrected chi connectivity index (χ1v) is 5.94. The molecule has 0 heterocycles. The molecule has 1 aliphatic carbocycles. The van der Waals surface area contributed by atoms with E-state index in [0.29, 0.717) is 6.42 Å². The lowest BCUT2D eigenvalue weighted by Gasteiger charge is -2.29. The topological polar surface area (TPSA) is 54.4 Å². The van der Waals surface area contributed by atoms with Gasteiger partial charge >= 0.3 is 0 Å². The number of sulfone groups is 1. The maximum absolute atomic E-state index is 11.3. The minimum absolute atomic E-state index is 0.0993. The van der Waals surface area contributed by atoms with Crippen LogP contribution in [-0.4, -0.2) is 30.1 Å². The highest BCUT2D eigenvalue weighted by Crippen LogP contribution is 2.53. The van der Waals surface area contributed by atoms with E-state index in [1.165, 1.54) is 6.26 Å². The molecule has 3 nitrogen and oxygen atoms in total. The highest BCUT2D eigenvalue weighted by atomic mass is 32.2. The molecule has 0 saturated heterocycles. The molecule has 0 aliphatic heterocycles. The minimum Gasteiger partial charge on any atom is -0.388 e. The molecule has 4 heteroatoms. The quantitative estimate of drug-likeness (QED) is 0.696. The predicted molar refractivity (Wildman–Crippen MR) is 47.7 cm³/mol. The number of rotatable bonds is 2. The molecule has 12 heavy (non-hydrogen) atoms. The fourth-order valence-electron chi connectivity index (χ4n) is 1.57. The second-order valence-electron chi connectivity index (χ2n) is 4.31. The molecular formula is C8H16O3S. The van der Waals surface area contributed by atoms with Crippen molar-refractivity contribution in [3.63, 3.8) is 0 Å². The molecular weight excluding hydrogens is 176 g/mol. The maximum Gasteiger partial charge on any atom is 0.155 e. The Labute approximate surface area is 73.7 Å². The van der Waals surface area contributed by atoms with Crippen molar-refractivity contribution in [1.29, 1.82) is 0 Å². The average molecular weight is 192 g/mol. The lowest BCUT2D eigenvalue weighted by atomic mass is 10.0. The van der Waals surface area contributed by atoms with Crippen LogP contribution in [0.2, 0.25) is 0 Å². The molecule has 2 atom stereocenters. The van der Waals surface area contributed by atoms with Gasteiger partial charge in [0.2, 0.25) is 0 Å². The summed E-state index contributed by atoms with van der Waals surface area (Å²) in [4.78, 5) is 0. The van der Waals surface area contributed by atoms with Crippen LogP contribution in [0.25, 0.3) is 0 Å². The standard InChI is InChI=1S/C8H16O3S/c1-6-5-8(6,9)7(2,3)12(4,10)11/h6,9H,5H2,1-4H3. The van der Waals surface area contributed by atoms with E-state index in [1.807, 2.05) is 6.92 Å². The van der Waals surface area contributed by atoms with Gasteiger partial charge in [-0.3, -0.25) is 0 Å². The van der Waals surface area contributed by atoms with Crippen LogP contribution < -0.4 is 0 Å². The van der Waals surface area contributed by atoms with Gasteiger partial charge < -0.3 is 5.11 Å². The van der Waals surface area contributed by atoms with Crippen LogP contribution in [0, 0.1) is 5.92 Å². The predicted octanol–water partition coefficient (Wildman–Crippen LogP) is 0.581. The van der Waals surface area contributed by atoms with Crippen molar-refractivity contribution in [3.05, 3.63) is 0 Å². The van der Waals surface area contributed by atoms with Crippen LogP contribution in [0.3, 0.4) is 0 Å². The van der Waals surface area contributed by atoms with Crippen LogP contribution in [0.1, 0.15) is 27.2 Å². The molecule has 72 valence electrons. The highest BCUT2D eigenvalue weighted by Gasteiger charge is 2.63. The number of aliphatic hydroxyl groups is 1. The van der Waals surface area contributed by atoms with E-state index >= 15 is 0 Å². The smallest absolute Gasteiger partial charge is 0.155 e. The molecule has 0 aromatic rings. The lowest BCUT2D eigenvalue weighted by molar-refractivity contribution is 0.0973. The van der Waals surface area contributed by atoms with Crippen LogP contribution in [0.5, 0.6) is 0 Å². The molecule has 1 rings (SSSR count). The molecule has 0 bridgehead atoms. The summed E-state index contributed by atoms with van der Waals surface area (Å²) >= 11 is 0. The fourth-order valence-corrected chi connectivity index (χ4v) is 2.49. The SMILES string of the molecule is CC1CC1(O)C(C)(C)S(C)(=O)=O. The Bertz CT molecular complexity index is 291. The summed E-state index contributed by atoms with van der Waals surface area (Å²) in [6.45, 7) is 5.05. The Morgan fingerprint density at radius 1 is 1.50 bits per heavy atom. The first-order valence-electron chi connectivity index (χ1n) is 4.05. The van der Waals surface area contributed by atoms with Gasteiger partial charge in [-0.15, -0.1) is 0 Å². The molecule has 1 N–H and O–H groups in total.